The van der Waals surface area contributed by atoms with Gasteiger partial charge in [0.2, 0.25) is 0 Å². The number of carbonyl (C=O) groups excluding carboxylic acids is 1. The normalized spacial score (nSPS) is 18.6. The Morgan fingerprint density at radius 2 is 2.00 bits per heavy atom. The highest BCUT2D eigenvalue weighted by Crippen LogP contribution is 2.35. The van der Waals surface area contributed by atoms with Crippen LogP contribution in [0.15, 0.2) is 18.2 Å². The Morgan fingerprint density at radius 3 is 2.60 bits per heavy atom. The summed E-state index contributed by atoms with van der Waals surface area (Å²) in [6.07, 6.45) is 4.35. The minimum Gasteiger partial charge on any atom is -0.494 e. The molecule has 3 N–H and O–H groups in total. The fraction of sp³-hybridized carbons (Fsp3) is 0.562. The van der Waals surface area contributed by atoms with Crippen molar-refractivity contribution in [1.29, 1.82) is 0 Å². The van der Waals surface area contributed by atoms with Gasteiger partial charge < -0.3 is 15.8 Å². The maximum Gasteiger partial charge on any atom is 0.255 e. The summed E-state index contributed by atoms with van der Waals surface area (Å²) < 4.78 is 5.23. The summed E-state index contributed by atoms with van der Waals surface area (Å²) >= 11 is 0. The molecule has 1 amide bonds. The Morgan fingerprint density at radius 1 is 1.35 bits per heavy atom. The first kappa shape index (κ1) is 14.7. The molecule has 1 aromatic rings. The second kappa shape index (κ2) is 5.73. The number of nitrogens with two attached hydrogens (primary N) is 1. The summed E-state index contributed by atoms with van der Waals surface area (Å²) in [5, 5.41) is 3.10. The minimum absolute atomic E-state index is 0.0983. The number of anilines is 1. The number of ether oxygens (including phenoxy) is 1. The Balaban J connectivity index is 2.04. The molecule has 0 spiro atoms. The molecule has 0 atom stereocenters. The van der Waals surface area contributed by atoms with E-state index in [-0.39, 0.29) is 11.9 Å². The summed E-state index contributed by atoms with van der Waals surface area (Å²) in [6, 6.07) is 5.51. The lowest BCUT2D eigenvalue weighted by Gasteiger charge is -2.34. The van der Waals surface area contributed by atoms with Crippen LogP contribution in [0.4, 0.5) is 5.69 Å². The predicted octanol–water partition coefficient (Wildman–Crippen LogP) is 2.98. The van der Waals surface area contributed by atoms with Crippen molar-refractivity contribution in [2.24, 2.45) is 5.41 Å². The fourth-order valence-electron chi connectivity index (χ4n) is 2.77. The van der Waals surface area contributed by atoms with Gasteiger partial charge in [-0.1, -0.05) is 19.9 Å². The maximum atomic E-state index is 12.4. The van der Waals surface area contributed by atoms with Gasteiger partial charge in [0.05, 0.1) is 18.4 Å². The molecule has 0 bridgehead atoms. The first-order valence-corrected chi connectivity index (χ1v) is 7.16. The molecule has 110 valence electrons. The van der Waals surface area contributed by atoms with Gasteiger partial charge in [0.25, 0.3) is 5.91 Å². The van der Waals surface area contributed by atoms with E-state index in [0.29, 0.717) is 22.4 Å². The van der Waals surface area contributed by atoms with Crippen molar-refractivity contribution in [3.05, 3.63) is 23.8 Å². The van der Waals surface area contributed by atoms with Gasteiger partial charge in [0.15, 0.2) is 5.75 Å². The van der Waals surface area contributed by atoms with Crippen molar-refractivity contribution in [3.8, 4) is 5.75 Å². The van der Waals surface area contributed by atoms with Crippen LogP contribution in [0.5, 0.6) is 5.75 Å². The van der Waals surface area contributed by atoms with Crippen LogP contribution in [-0.4, -0.2) is 19.1 Å². The molecule has 4 nitrogen and oxygen atoms in total. The van der Waals surface area contributed by atoms with E-state index in [1.165, 1.54) is 7.11 Å². The molecule has 0 radical (unpaired) electrons. The number of amides is 1. The lowest BCUT2D eigenvalue weighted by atomic mass is 9.75. The van der Waals surface area contributed by atoms with Crippen LogP contribution >= 0.6 is 0 Å². The van der Waals surface area contributed by atoms with Gasteiger partial charge in [-0.15, -0.1) is 0 Å². The highest BCUT2D eigenvalue weighted by molar-refractivity contribution is 5.98. The smallest absolute Gasteiger partial charge is 0.255 e. The summed E-state index contributed by atoms with van der Waals surface area (Å²) in [6.45, 7) is 4.57. The van der Waals surface area contributed by atoms with E-state index in [9.17, 15) is 4.79 Å². The zero-order chi connectivity index (χ0) is 14.8. The van der Waals surface area contributed by atoms with Gasteiger partial charge in [-0.05, 0) is 43.2 Å². The van der Waals surface area contributed by atoms with E-state index < -0.39 is 0 Å². The van der Waals surface area contributed by atoms with Crippen molar-refractivity contribution >= 4 is 11.6 Å². The molecule has 1 saturated carbocycles. The third-order valence-electron chi connectivity index (χ3n) is 4.17. The van der Waals surface area contributed by atoms with Crippen LogP contribution in [-0.2, 0) is 0 Å². The average molecular weight is 276 g/mol. The Hall–Kier alpha value is -1.71. The number of para-hydroxylation sites is 1. The summed E-state index contributed by atoms with van der Waals surface area (Å²) in [4.78, 5) is 12.4. The number of nitrogen functional groups attached to an aromatic ring is 1. The van der Waals surface area contributed by atoms with Gasteiger partial charge >= 0.3 is 0 Å². The molecule has 0 unspecified atom stereocenters. The van der Waals surface area contributed by atoms with E-state index >= 15 is 0 Å². The van der Waals surface area contributed by atoms with Gasteiger partial charge in [-0.25, -0.2) is 0 Å². The Bertz CT molecular complexity index is 487. The number of nitrogens with one attached hydrogen (secondary N) is 1. The van der Waals surface area contributed by atoms with E-state index in [1.54, 1.807) is 18.2 Å². The quantitative estimate of drug-likeness (QED) is 0.834. The van der Waals surface area contributed by atoms with Crippen molar-refractivity contribution < 1.29 is 9.53 Å². The molecule has 0 aliphatic heterocycles. The topological polar surface area (TPSA) is 64.3 Å². The van der Waals surface area contributed by atoms with E-state index in [1.807, 2.05) is 0 Å². The highest BCUT2D eigenvalue weighted by atomic mass is 16.5. The second-order valence-electron chi connectivity index (χ2n) is 6.34. The highest BCUT2D eigenvalue weighted by Gasteiger charge is 2.28. The number of hydrogen-bond donors (Lipinski definition) is 2. The van der Waals surface area contributed by atoms with E-state index in [2.05, 4.69) is 19.2 Å². The SMILES string of the molecule is COc1c(N)cccc1C(=O)NC1CCC(C)(C)CC1. The third-order valence-corrected chi connectivity index (χ3v) is 4.17. The molecule has 1 fully saturated rings. The van der Waals surface area contributed by atoms with Gasteiger partial charge in [0, 0.05) is 6.04 Å². The number of hydrogen-bond acceptors (Lipinski definition) is 3. The summed E-state index contributed by atoms with van der Waals surface area (Å²) in [5.74, 6) is 0.361. The molecule has 1 aromatic carbocycles. The zero-order valence-corrected chi connectivity index (χ0v) is 12.5. The average Bonchev–Trinajstić information content (AvgIpc) is 2.41. The minimum atomic E-state index is -0.0983. The van der Waals surface area contributed by atoms with E-state index in [0.717, 1.165) is 25.7 Å². The molecule has 0 heterocycles. The summed E-state index contributed by atoms with van der Waals surface area (Å²) in [7, 11) is 1.53. The monoisotopic (exact) mass is 276 g/mol. The fourth-order valence-corrected chi connectivity index (χ4v) is 2.77. The molecular formula is C16H24N2O2. The number of rotatable bonds is 3. The summed E-state index contributed by atoms with van der Waals surface area (Å²) in [5.41, 5.74) is 7.23. The first-order valence-electron chi connectivity index (χ1n) is 7.16. The van der Waals surface area contributed by atoms with E-state index in [4.69, 9.17) is 10.5 Å². The van der Waals surface area contributed by atoms with Gasteiger partial charge in [-0.3, -0.25) is 4.79 Å². The molecule has 0 aromatic heterocycles. The zero-order valence-electron chi connectivity index (χ0n) is 12.5. The van der Waals surface area contributed by atoms with Crippen LogP contribution in [0.2, 0.25) is 0 Å². The Labute approximate surface area is 120 Å². The molecule has 20 heavy (non-hydrogen) atoms. The molecule has 4 heteroatoms. The Kier molecular flexibility index (Phi) is 4.21. The molecule has 1 aliphatic carbocycles. The largest absolute Gasteiger partial charge is 0.494 e. The van der Waals surface area contributed by atoms with Crippen LogP contribution in [0, 0.1) is 5.41 Å². The van der Waals surface area contributed by atoms with Crippen LogP contribution in [0.3, 0.4) is 0 Å². The lowest BCUT2D eigenvalue weighted by molar-refractivity contribution is 0.0906. The predicted molar refractivity (Wildman–Crippen MR) is 80.9 cm³/mol. The third kappa shape index (κ3) is 3.24. The van der Waals surface area contributed by atoms with Crippen LogP contribution in [0.25, 0.3) is 0 Å². The molecule has 2 rings (SSSR count). The number of methoxy groups -OCH3 is 1. The van der Waals surface area contributed by atoms with Crippen LogP contribution in [0.1, 0.15) is 49.9 Å². The van der Waals surface area contributed by atoms with Crippen LogP contribution < -0.4 is 15.8 Å². The molecule has 0 saturated heterocycles. The standard InChI is InChI=1S/C16H24N2O2/c1-16(2)9-7-11(8-10-16)18-15(19)12-5-4-6-13(17)14(12)20-3/h4-6,11H,7-10,17H2,1-3H3,(H,18,19). The maximum absolute atomic E-state index is 12.4. The number of carbonyl (C=O) groups is 1. The van der Waals surface area contributed by atoms with Crippen molar-refractivity contribution in [1.82, 2.24) is 5.32 Å². The van der Waals surface area contributed by atoms with Crippen molar-refractivity contribution in [2.45, 2.75) is 45.6 Å². The van der Waals surface area contributed by atoms with Crippen molar-refractivity contribution in [2.75, 3.05) is 12.8 Å². The van der Waals surface area contributed by atoms with Crippen molar-refractivity contribution in [3.63, 3.8) is 0 Å². The molecular weight excluding hydrogens is 252 g/mol. The first-order chi connectivity index (χ1) is 9.43. The second-order valence-corrected chi connectivity index (χ2v) is 6.34. The van der Waals surface area contributed by atoms with Gasteiger partial charge in [0.1, 0.15) is 0 Å². The van der Waals surface area contributed by atoms with Gasteiger partial charge in [-0.2, -0.15) is 0 Å². The number of benzene rings is 1. The molecule has 1 aliphatic rings. The lowest BCUT2D eigenvalue weighted by Crippen LogP contribution is -2.39.